The predicted molar refractivity (Wildman–Crippen MR) is 77.1 cm³/mol. The minimum Gasteiger partial charge on any atom is -0.316 e. The van der Waals surface area contributed by atoms with Gasteiger partial charge in [0.25, 0.3) is 0 Å². The van der Waals surface area contributed by atoms with Crippen LogP contribution in [0, 0.1) is 12.8 Å². The highest BCUT2D eigenvalue weighted by molar-refractivity contribution is 7.91. The first kappa shape index (κ1) is 15.9. The van der Waals surface area contributed by atoms with Crippen LogP contribution in [0.15, 0.2) is 16.3 Å². The number of hydrogen-bond donors (Lipinski definition) is 2. The average Bonchev–Trinajstić information content (AvgIpc) is 2.89. The Bertz CT molecular complexity index is 467. The summed E-state index contributed by atoms with van der Waals surface area (Å²) < 4.78 is 26.9. The molecule has 2 heterocycles. The van der Waals surface area contributed by atoms with Gasteiger partial charge in [-0.05, 0) is 50.9 Å². The normalized spacial score (nSPS) is 19.7. The minimum absolute atomic E-state index is 0. The van der Waals surface area contributed by atoms with Crippen molar-refractivity contribution in [3.05, 3.63) is 17.0 Å². The van der Waals surface area contributed by atoms with Gasteiger partial charge in [0, 0.05) is 11.4 Å². The molecule has 0 radical (unpaired) electrons. The molecule has 1 fully saturated rings. The molecular formula is C11H19ClN2O2S2. The number of thiophene rings is 1. The van der Waals surface area contributed by atoms with Crippen LogP contribution in [-0.4, -0.2) is 28.1 Å². The highest BCUT2D eigenvalue weighted by atomic mass is 35.5. The topological polar surface area (TPSA) is 58.2 Å². The SMILES string of the molecule is Cc1ccc(S(=O)(=O)NCCC2CCNC2)s1.Cl. The van der Waals surface area contributed by atoms with E-state index < -0.39 is 10.0 Å². The second kappa shape index (κ2) is 6.86. The minimum atomic E-state index is -3.28. The highest BCUT2D eigenvalue weighted by Crippen LogP contribution is 2.20. The maximum Gasteiger partial charge on any atom is 0.250 e. The summed E-state index contributed by atoms with van der Waals surface area (Å²) in [7, 11) is -3.28. The molecule has 0 amide bonds. The van der Waals surface area contributed by atoms with Crippen LogP contribution in [0.1, 0.15) is 17.7 Å². The molecule has 0 aromatic carbocycles. The molecular weight excluding hydrogens is 292 g/mol. The van der Waals surface area contributed by atoms with Crippen molar-refractivity contribution in [3.8, 4) is 0 Å². The number of halogens is 1. The molecule has 4 nitrogen and oxygen atoms in total. The Hall–Kier alpha value is -0.140. The Morgan fingerprint density at radius 1 is 1.50 bits per heavy atom. The van der Waals surface area contributed by atoms with Crippen molar-refractivity contribution in [2.75, 3.05) is 19.6 Å². The number of hydrogen-bond acceptors (Lipinski definition) is 4. The molecule has 18 heavy (non-hydrogen) atoms. The van der Waals surface area contributed by atoms with E-state index in [2.05, 4.69) is 10.0 Å². The van der Waals surface area contributed by atoms with Gasteiger partial charge in [-0.3, -0.25) is 0 Å². The molecule has 1 aromatic rings. The van der Waals surface area contributed by atoms with Crippen LogP contribution in [0.4, 0.5) is 0 Å². The number of aryl methyl sites for hydroxylation is 1. The van der Waals surface area contributed by atoms with Crippen molar-refractivity contribution in [1.29, 1.82) is 0 Å². The fourth-order valence-corrected chi connectivity index (χ4v) is 4.36. The Morgan fingerprint density at radius 2 is 2.28 bits per heavy atom. The molecule has 0 spiro atoms. The molecule has 0 bridgehead atoms. The lowest BCUT2D eigenvalue weighted by Crippen LogP contribution is -2.26. The number of rotatable bonds is 5. The second-order valence-corrected chi connectivity index (χ2v) is 7.69. The Balaban J connectivity index is 0.00000162. The van der Waals surface area contributed by atoms with Gasteiger partial charge in [-0.2, -0.15) is 0 Å². The molecule has 7 heteroatoms. The smallest absolute Gasteiger partial charge is 0.250 e. The third kappa shape index (κ3) is 4.20. The van der Waals surface area contributed by atoms with E-state index in [4.69, 9.17) is 0 Å². The van der Waals surface area contributed by atoms with Gasteiger partial charge in [-0.1, -0.05) is 0 Å². The van der Waals surface area contributed by atoms with E-state index in [9.17, 15) is 8.42 Å². The Labute approximate surface area is 119 Å². The first-order valence-corrected chi connectivity index (χ1v) is 8.15. The van der Waals surface area contributed by atoms with Crippen LogP contribution in [0.5, 0.6) is 0 Å². The standard InChI is InChI=1S/C11H18N2O2S2.ClH/c1-9-2-3-11(16-9)17(14,15)13-7-5-10-4-6-12-8-10;/h2-3,10,12-13H,4-8H2,1H3;1H. The van der Waals surface area contributed by atoms with Gasteiger partial charge < -0.3 is 5.32 Å². The summed E-state index contributed by atoms with van der Waals surface area (Å²) in [6, 6.07) is 3.50. The van der Waals surface area contributed by atoms with E-state index in [1.807, 2.05) is 13.0 Å². The van der Waals surface area contributed by atoms with E-state index in [1.165, 1.54) is 11.3 Å². The largest absolute Gasteiger partial charge is 0.316 e. The summed E-state index contributed by atoms with van der Waals surface area (Å²) in [6.07, 6.45) is 2.07. The molecule has 1 aromatic heterocycles. The van der Waals surface area contributed by atoms with E-state index in [-0.39, 0.29) is 12.4 Å². The zero-order chi connectivity index (χ0) is 12.3. The van der Waals surface area contributed by atoms with E-state index >= 15 is 0 Å². The van der Waals surface area contributed by atoms with Gasteiger partial charge >= 0.3 is 0 Å². The van der Waals surface area contributed by atoms with Crippen molar-refractivity contribution in [2.24, 2.45) is 5.92 Å². The Kier molecular flexibility index (Phi) is 6.07. The molecule has 2 rings (SSSR count). The fraction of sp³-hybridized carbons (Fsp3) is 0.636. The first-order chi connectivity index (χ1) is 8.08. The summed E-state index contributed by atoms with van der Waals surface area (Å²) in [6.45, 7) is 4.51. The molecule has 1 saturated heterocycles. The molecule has 0 aliphatic carbocycles. The predicted octanol–water partition coefficient (Wildman–Crippen LogP) is 1.76. The van der Waals surface area contributed by atoms with E-state index in [1.54, 1.807) is 6.07 Å². The lowest BCUT2D eigenvalue weighted by molar-refractivity contribution is 0.520. The quantitative estimate of drug-likeness (QED) is 0.871. The summed E-state index contributed by atoms with van der Waals surface area (Å²) in [5.74, 6) is 0.614. The summed E-state index contributed by atoms with van der Waals surface area (Å²) in [4.78, 5) is 1.02. The zero-order valence-corrected chi connectivity index (χ0v) is 12.8. The van der Waals surface area contributed by atoms with Crippen LogP contribution < -0.4 is 10.0 Å². The molecule has 104 valence electrons. The summed E-state index contributed by atoms with van der Waals surface area (Å²) in [5.41, 5.74) is 0. The van der Waals surface area contributed by atoms with E-state index in [0.29, 0.717) is 16.7 Å². The molecule has 1 unspecified atom stereocenters. The van der Waals surface area contributed by atoms with Gasteiger partial charge in [0.2, 0.25) is 10.0 Å². The highest BCUT2D eigenvalue weighted by Gasteiger charge is 2.18. The van der Waals surface area contributed by atoms with Crippen LogP contribution in [0.2, 0.25) is 0 Å². The third-order valence-electron chi connectivity index (χ3n) is 2.99. The fourth-order valence-electron chi connectivity index (χ4n) is 1.99. The van der Waals surface area contributed by atoms with Gasteiger partial charge in [0.1, 0.15) is 4.21 Å². The summed E-state index contributed by atoms with van der Waals surface area (Å²) >= 11 is 1.31. The van der Waals surface area contributed by atoms with Crippen LogP contribution in [0.25, 0.3) is 0 Å². The van der Waals surface area contributed by atoms with Gasteiger partial charge in [0.15, 0.2) is 0 Å². The lowest BCUT2D eigenvalue weighted by Gasteiger charge is -2.08. The zero-order valence-electron chi connectivity index (χ0n) is 10.3. The maximum atomic E-state index is 11.9. The van der Waals surface area contributed by atoms with Crippen molar-refractivity contribution >= 4 is 33.8 Å². The first-order valence-electron chi connectivity index (χ1n) is 5.85. The molecule has 1 aliphatic heterocycles. The van der Waals surface area contributed by atoms with Crippen molar-refractivity contribution in [1.82, 2.24) is 10.0 Å². The van der Waals surface area contributed by atoms with Crippen LogP contribution in [0.3, 0.4) is 0 Å². The molecule has 0 saturated carbocycles. The Morgan fingerprint density at radius 3 is 2.83 bits per heavy atom. The van der Waals surface area contributed by atoms with Gasteiger partial charge in [-0.25, -0.2) is 13.1 Å². The van der Waals surface area contributed by atoms with Crippen LogP contribution in [-0.2, 0) is 10.0 Å². The van der Waals surface area contributed by atoms with Gasteiger partial charge in [0.05, 0.1) is 0 Å². The summed E-state index contributed by atoms with van der Waals surface area (Å²) in [5, 5.41) is 3.28. The maximum absolute atomic E-state index is 11.9. The lowest BCUT2D eigenvalue weighted by atomic mass is 10.1. The van der Waals surface area contributed by atoms with Crippen molar-refractivity contribution in [2.45, 2.75) is 24.0 Å². The second-order valence-electron chi connectivity index (χ2n) is 4.41. The number of nitrogens with one attached hydrogen (secondary N) is 2. The molecule has 1 atom stereocenters. The van der Waals surface area contributed by atoms with Crippen LogP contribution >= 0.6 is 23.7 Å². The van der Waals surface area contributed by atoms with Crippen molar-refractivity contribution < 1.29 is 8.42 Å². The monoisotopic (exact) mass is 310 g/mol. The molecule has 1 aliphatic rings. The number of sulfonamides is 1. The van der Waals surface area contributed by atoms with Gasteiger partial charge in [-0.15, -0.1) is 23.7 Å². The molecule has 2 N–H and O–H groups in total. The van der Waals surface area contributed by atoms with E-state index in [0.717, 1.165) is 30.8 Å². The average molecular weight is 311 g/mol. The van der Waals surface area contributed by atoms with Crippen molar-refractivity contribution in [3.63, 3.8) is 0 Å². The third-order valence-corrected chi connectivity index (χ3v) is 5.94.